The maximum Gasteiger partial charge on any atom is 0.289 e. The number of nitrogens with one attached hydrogen (secondary N) is 1. The van der Waals surface area contributed by atoms with E-state index in [0.717, 1.165) is 18.9 Å². The van der Waals surface area contributed by atoms with Gasteiger partial charge in [-0.3, -0.25) is 14.9 Å². The third-order valence-corrected chi connectivity index (χ3v) is 6.71. The van der Waals surface area contributed by atoms with E-state index in [9.17, 15) is 23.3 Å². The topological polar surface area (TPSA) is 110 Å². The molecule has 0 radical (unpaired) electrons. The van der Waals surface area contributed by atoms with Crippen LogP contribution in [-0.2, 0) is 14.8 Å². The molecule has 2 aliphatic rings. The Morgan fingerprint density at radius 2 is 1.88 bits per heavy atom. The van der Waals surface area contributed by atoms with Crippen LogP contribution in [0.5, 0.6) is 0 Å². The van der Waals surface area contributed by atoms with Gasteiger partial charge in [0.15, 0.2) is 0 Å². The number of carbonyl (C=O) groups is 1. The standard InChI is InChI=1S/C15H18ClN3O5S/c16-13-4-3-12(9-14(13)19(21)22)25(23,24)18-7-5-10(6-8-18)15(20)17-11-1-2-11/h3-4,9-11H,1-2,5-8H2,(H,17,20). The molecule has 0 bridgehead atoms. The molecule has 1 N–H and O–H groups in total. The maximum absolute atomic E-state index is 12.7. The van der Waals surface area contributed by atoms with E-state index < -0.39 is 20.6 Å². The van der Waals surface area contributed by atoms with Crippen molar-refractivity contribution < 1.29 is 18.1 Å². The minimum atomic E-state index is -3.86. The van der Waals surface area contributed by atoms with Crippen molar-refractivity contribution in [2.24, 2.45) is 5.92 Å². The Morgan fingerprint density at radius 3 is 2.44 bits per heavy atom. The number of rotatable bonds is 5. The van der Waals surface area contributed by atoms with Gasteiger partial charge in [-0.05, 0) is 37.8 Å². The first-order valence-corrected chi connectivity index (χ1v) is 9.85. The highest BCUT2D eigenvalue weighted by atomic mass is 35.5. The number of nitrogens with zero attached hydrogens (tertiary/aromatic N) is 2. The quantitative estimate of drug-likeness (QED) is 0.613. The zero-order valence-electron chi connectivity index (χ0n) is 13.4. The van der Waals surface area contributed by atoms with Crippen LogP contribution in [-0.4, -0.2) is 42.7 Å². The summed E-state index contributed by atoms with van der Waals surface area (Å²) in [5.74, 6) is -0.201. The van der Waals surface area contributed by atoms with Gasteiger partial charge < -0.3 is 5.32 Å². The van der Waals surface area contributed by atoms with E-state index in [0.29, 0.717) is 12.8 Å². The monoisotopic (exact) mass is 387 g/mol. The zero-order valence-corrected chi connectivity index (χ0v) is 14.9. The van der Waals surface area contributed by atoms with Crippen molar-refractivity contribution in [3.05, 3.63) is 33.3 Å². The van der Waals surface area contributed by atoms with Crippen LogP contribution in [0.15, 0.2) is 23.1 Å². The molecule has 3 rings (SSSR count). The fourth-order valence-corrected chi connectivity index (χ4v) is 4.52. The summed E-state index contributed by atoms with van der Waals surface area (Å²) >= 11 is 5.73. The van der Waals surface area contributed by atoms with Crippen LogP contribution in [0.2, 0.25) is 5.02 Å². The second-order valence-corrected chi connectivity index (χ2v) is 8.68. The molecule has 25 heavy (non-hydrogen) atoms. The van der Waals surface area contributed by atoms with Crippen LogP contribution in [0.3, 0.4) is 0 Å². The Kier molecular flexibility index (Phi) is 4.99. The number of carbonyl (C=O) groups excluding carboxylic acids is 1. The second-order valence-electron chi connectivity index (χ2n) is 6.33. The first-order chi connectivity index (χ1) is 11.8. The Hall–Kier alpha value is -1.71. The number of sulfonamides is 1. The van der Waals surface area contributed by atoms with E-state index in [4.69, 9.17) is 11.6 Å². The molecule has 0 spiro atoms. The molecule has 1 aromatic rings. The van der Waals surface area contributed by atoms with Crippen LogP contribution in [0, 0.1) is 16.0 Å². The Bertz CT molecular complexity index is 801. The smallest absolute Gasteiger partial charge is 0.289 e. The summed E-state index contributed by atoms with van der Waals surface area (Å²) in [4.78, 5) is 22.1. The Labute approximate surface area is 150 Å². The minimum absolute atomic E-state index is 0.0123. The number of halogens is 1. The third-order valence-electron chi connectivity index (χ3n) is 4.50. The van der Waals surface area contributed by atoms with Gasteiger partial charge in [0.05, 0.1) is 9.82 Å². The van der Waals surface area contributed by atoms with Crippen LogP contribution in [0.1, 0.15) is 25.7 Å². The largest absolute Gasteiger partial charge is 0.353 e. The molecule has 0 unspecified atom stereocenters. The fraction of sp³-hybridized carbons (Fsp3) is 0.533. The molecule has 2 fully saturated rings. The normalized spacial score (nSPS) is 19.6. The molecule has 1 amide bonds. The summed E-state index contributed by atoms with van der Waals surface area (Å²) in [7, 11) is -3.86. The van der Waals surface area contributed by atoms with E-state index in [2.05, 4.69) is 5.32 Å². The van der Waals surface area contributed by atoms with Crippen LogP contribution < -0.4 is 5.32 Å². The van der Waals surface area contributed by atoms with E-state index in [1.165, 1.54) is 16.4 Å². The lowest BCUT2D eigenvalue weighted by molar-refractivity contribution is -0.384. The maximum atomic E-state index is 12.7. The SMILES string of the molecule is O=C(NC1CC1)C1CCN(S(=O)(=O)c2ccc(Cl)c([N+](=O)[O-])c2)CC1. The first kappa shape index (κ1) is 18.1. The van der Waals surface area contributed by atoms with Gasteiger partial charge in [-0.15, -0.1) is 0 Å². The molecule has 1 aliphatic carbocycles. The predicted octanol–water partition coefficient (Wildman–Crippen LogP) is 1.93. The lowest BCUT2D eigenvalue weighted by atomic mass is 9.97. The molecule has 1 saturated heterocycles. The van der Waals surface area contributed by atoms with E-state index in [-0.39, 0.29) is 40.9 Å². The zero-order chi connectivity index (χ0) is 18.2. The van der Waals surface area contributed by atoms with Crippen molar-refractivity contribution >= 4 is 33.2 Å². The molecule has 1 heterocycles. The van der Waals surface area contributed by atoms with Gasteiger partial charge in [-0.25, -0.2) is 8.42 Å². The van der Waals surface area contributed by atoms with E-state index in [1.807, 2.05) is 0 Å². The summed E-state index contributed by atoms with van der Waals surface area (Å²) in [5, 5.41) is 13.8. The Balaban J connectivity index is 1.70. The average molecular weight is 388 g/mol. The molecular formula is C15H18ClN3O5S. The molecule has 1 saturated carbocycles. The third kappa shape index (κ3) is 3.94. The lowest BCUT2D eigenvalue weighted by Gasteiger charge is -2.30. The average Bonchev–Trinajstić information content (AvgIpc) is 3.39. The van der Waals surface area contributed by atoms with Crippen molar-refractivity contribution in [2.45, 2.75) is 36.6 Å². The number of benzene rings is 1. The van der Waals surface area contributed by atoms with Crippen molar-refractivity contribution in [1.82, 2.24) is 9.62 Å². The van der Waals surface area contributed by atoms with Crippen molar-refractivity contribution in [3.63, 3.8) is 0 Å². The molecule has 0 aromatic heterocycles. The summed E-state index contributed by atoms with van der Waals surface area (Å²) in [6.07, 6.45) is 2.89. The second kappa shape index (κ2) is 6.89. The van der Waals surface area contributed by atoms with Gasteiger partial charge >= 0.3 is 0 Å². The highest BCUT2D eigenvalue weighted by Crippen LogP contribution is 2.30. The van der Waals surface area contributed by atoms with Gasteiger partial charge in [0.1, 0.15) is 5.02 Å². The van der Waals surface area contributed by atoms with Gasteiger partial charge in [0.2, 0.25) is 15.9 Å². The van der Waals surface area contributed by atoms with E-state index >= 15 is 0 Å². The van der Waals surface area contributed by atoms with Crippen molar-refractivity contribution in [2.75, 3.05) is 13.1 Å². The fourth-order valence-electron chi connectivity index (χ4n) is 2.85. The van der Waals surface area contributed by atoms with Gasteiger partial charge in [0.25, 0.3) is 5.69 Å². The summed E-state index contributed by atoms with van der Waals surface area (Å²) in [6.45, 7) is 0.420. The van der Waals surface area contributed by atoms with Crippen molar-refractivity contribution in [3.8, 4) is 0 Å². The lowest BCUT2D eigenvalue weighted by Crippen LogP contribution is -2.43. The number of hydrogen-bond donors (Lipinski definition) is 1. The highest BCUT2D eigenvalue weighted by Gasteiger charge is 2.34. The molecule has 0 atom stereocenters. The molecule has 1 aromatic carbocycles. The number of hydrogen-bond acceptors (Lipinski definition) is 5. The molecule has 10 heteroatoms. The van der Waals surface area contributed by atoms with Gasteiger partial charge in [-0.1, -0.05) is 11.6 Å². The van der Waals surface area contributed by atoms with Gasteiger partial charge in [0, 0.05) is 31.1 Å². The first-order valence-electron chi connectivity index (χ1n) is 8.03. The summed E-state index contributed by atoms with van der Waals surface area (Å²) in [5.41, 5.74) is -0.443. The van der Waals surface area contributed by atoms with E-state index in [1.54, 1.807) is 0 Å². The van der Waals surface area contributed by atoms with Crippen LogP contribution >= 0.6 is 11.6 Å². The van der Waals surface area contributed by atoms with Crippen molar-refractivity contribution in [1.29, 1.82) is 0 Å². The molecule has 136 valence electrons. The van der Waals surface area contributed by atoms with Crippen LogP contribution in [0.4, 0.5) is 5.69 Å². The van der Waals surface area contributed by atoms with Crippen LogP contribution in [0.25, 0.3) is 0 Å². The Morgan fingerprint density at radius 1 is 1.24 bits per heavy atom. The molecule has 1 aliphatic heterocycles. The summed E-state index contributed by atoms with van der Waals surface area (Å²) < 4.78 is 26.7. The predicted molar refractivity (Wildman–Crippen MR) is 90.8 cm³/mol. The van der Waals surface area contributed by atoms with Gasteiger partial charge in [-0.2, -0.15) is 4.31 Å². The molecular weight excluding hydrogens is 370 g/mol. The summed E-state index contributed by atoms with van der Waals surface area (Å²) in [6, 6.07) is 3.73. The highest BCUT2D eigenvalue weighted by molar-refractivity contribution is 7.89. The molecule has 8 nitrogen and oxygen atoms in total. The number of nitro groups is 1. The number of nitro benzene ring substituents is 1. The number of amides is 1. The number of piperidine rings is 1. The minimum Gasteiger partial charge on any atom is -0.353 e.